The Morgan fingerprint density at radius 1 is 1.00 bits per heavy atom. The van der Waals surface area contributed by atoms with Crippen molar-refractivity contribution in [2.24, 2.45) is 7.05 Å². The Labute approximate surface area is 261 Å². The van der Waals surface area contributed by atoms with E-state index in [1.165, 1.54) is 18.7 Å². The molecule has 1 atom stereocenters. The fourth-order valence-electron chi connectivity index (χ4n) is 6.92. The van der Waals surface area contributed by atoms with Gasteiger partial charge >= 0.3 is 5.97 Å². The maximum Gasteiger partial charge on any atom is 0.303 e. The summed E-state index contributed by atoms with van der Waals surface area (Å²) in [5, 5.41) is 3.42. The highest BCUT2D eigenvalue weighted by atomic mass is 16.5. The van der Waals surface area contributed by atoms with Crippen molar-refractivity contribution >= 4 is 29.1 Å². The van der Waals surface area contributed by atoms with E-state index in [1.807, 2.05) is 24.4 Å². The van der Waals surface area contributed by atoms with E-state index >= 15 is 0 Å². The number of aryl methyl sites for hydroxylation is 1. The molecule has 1 fully saturated rings. The fourth-order valence-corrected chi connectivity index (χ4v) is 6.92. The van der Waals surface area contributed by atoms with Crippen molar-refractivity contribution in [2.75, 3.05) is 30.4 Å². The summed E-state index contributed by atoms with van der Waals surface area (Å²) in [6, 6.07) is 11.5. The molecule has 232 valence electrons. The third-order valence-electron chi connectivity index (χ3n) is 9.38. The number of nitrogens with zero attached hydrogens (tertiary/aromatic N) is 6. The van der Waals surface area contributed by atoms with Gasteiger partial charge < -0.3 is 24.1 Å². The van der Waals surface area contributed by atoms with Gasteiger partial charge in [-0.1, -0.05) is 6.07 Å². The maximum atomic E-state index is 14.3. The Balaban J connectivity index is 1.32. The van der Waals surface area contributed by atoms with Crippen LogP contribution in [0.25, 0.3) is 11.3 Å². The van der Waals surface area contributed by atoms with Crippen LogP contribution in [0, 0.1) is 0 Å². The number of nitrogens with one attached hydrogen (secondary N) is 1. The topological polar surface area (TPSA) is 115 Å². The van der Waals surface area contributed by atoms with Gasteiger partial charge in [0.2, 0.25) is 0 Å². The molecule has 11 heteroatoms. The highest BCUT2D eigenvalue weighted by Gasteiger charge is 2.34. The van der Waals surface area contributed by atoms with Gasteiger partial charge in [-0.2, -0.15) is 0 Å². The Hall–Kier alpha value is -4.77. The Bertz CT molecular complexity index is 1860. The zero-order valence-electron chi connectivity index (χ0n) is 25.9. The number of aromatic nitrogens is 4. The molecule has 0 aliphatic carbocycles. The van der Waals surface area contributed by atoms with Gasteiger partial charge in [-0.15, -0.1) is 0 Å². The predicted molar refractivity (Wildman–Crippen MR) is 171 cm³/mol. The third-order valence-corrected chi connectivity index (χ3v) is 9.38. The predicted octanol–water partition coefficient (Wildman–Crippen LogP) is 4.37. The van der Waals surface area contributed by atoms with Crippen LogP contribution in [0.15, 0.2) is 53.6 Å². The van der Waals surface area contributed by atoms with Crippen molar-refractivity contribution < 1.29 is 14.3 Å². The van der Waals surface area contributed by atoms with Crippen molar-refractivity contribution in [1.29, 1.82) is 0 Å². The number of amides is 1. The standard InChI is InChI=1S/C34H37N7O4/c1-21(42)45-20-27-33(41-17-13-29-25(34(41)44)18-23-6-4-5-15-40(23)29)24(11-14-35-27)32-26(8-10-31(43)39(32)3)37-30-9-7-22(19-36-30)28-12-16-38(28)2/h7-11,14,18-19,28H,4-6,12-13,15-17,20H2,1-3H3,(H,36,37). The second-order valence-corrected chi connectivity index (χ2v) is 12.1. The Kier molecular flexibility index (Phi) is 7.48. The molecule has 1 unspecified atom stereocenters. The van der Waals surface area contributed by atoms with Crippen molar-refractivity contribution in [3.8, 4) is 11.3 Å². The minimum Gasteiger partial charge on any atom is -0.459 e. The number of carbonyl (C=O) groups is 2. The summed E-state index contributed by atoms with van der Waals surface area (Å²) in [6.07, 6.45) is 8.50. The van der Waals surface area contributed by atoms with E-state index in [0.29, 0.717) is 58.7 Å². The van der Waals surface area contributed by atoms with Gasteiger partial charge in [-0.3, -0.25) is 24.3 Å². The van der Waals surface area contributed by atoms with Crippen LogP contribution in [0.1, 0.15) is 65.2 Å². The normalized spacial score (nSPS) is 17.8. The lowest BCUT2D eigenvalue weighted by atomic mass is 9.97. The summed E-state index contributed by atoms with van der Waals surface area (Å²) in [6.45, 7) is 3.68. The molecule has 45 heavy (non-hydrogen) atoms. The van der Waals surface area contributed by atoms with E-state index in [4.69, 9.17) is 4.74 Å². The number of anilines is 3. The first-order valence-corrected chi connectivity index (χ1v) is 15.6. The summed E-state index contributed by atoms with van der Waals surface area (Å²) in [5.41, 5.74) is 6.76. The van der Waals surface area contributed by atoms with E-state index in [9.17, 15) is 14.4 Å². The molecule has 1 amide bonds. The highest BCUT2D eigenvalue weighted by Crippen LogP contribution is 2.40. The minimum atomic E-state index is -0.447. The SMILES string of the molecule is CC(=O)OCc1nccc(-c2c(Nc3ccc(C4CCN4C)cn3)ccc(=O)n2C)c1N1CCc2c(cc3n2CCCC3)C1=O. The summed E-state index contributed by atoms with van der Waals surface area (Å²) in [7, 11) is 3.82. The second kappa shape index (κ2) is 11.6. The number of rotatable bonds is 7. The summed E-state index contributed by atoms with van der Waals surface area (Å²) in [4.78, 5) is 52.5. The number of hydrogen-bond acceptors (Lipinski definition) is 8. The van der Waals surface area contributed by atoms with E-state index < -0.39 is 5.97 Å². The molecule has 0 radical (unpaired) electrons. The molecule has 0 aromatic carbocycles. The molecule has 0 saturated carbocycles. The molecule has 11 nitrogen and oxygen atoms in total. The van der Waals surface area contributed by atoms with Gasteiger partial charge in [-0.05, 0) is 62.6 Å². The maximum absolute atomic E-state index is 14.3. The fraction of sp³-hybridized carbons (Fsp3) is 0.382. The number of fused-ring (bicyclic) bond motifs is 3. The Morgan fingerprint density at radius 3 is 2.60 bits per heavy atom. The largest absolute Gasteiger partial charge is 0.459 e. The van der Waals surface area contributed by atoms with Crippen LogP contribution < -0.4 is 15.8 Å². The lowest BCUT2D eigenvalue weighted by Gasteiger charge is -2.38. The molecule has 4 aromatic heterocycles. The molecule has 1 N–H and O–H groups in total. The van der Waals surface area contributed by atoms with Gasteiger partial charge in [0, 0.05) is 81.5 Å². The third kappa shape index (κ3) is 5.20. The molecule has 3 aliphatic heterocycles. The molecule has 0 bridgehead atoms. The van der Waals surface area contributed by atoms with Gasteiger partial charge in [0.1, 0.15) is 18.1 Å². The van der Waals surface area contributed by atoms with Gasteiger partial charge in [0.15, 0.2) is 0 Å². The molecule has 7 rings (SSSR count). The van der Waals surface area contributed by atoms with Gasteiger partial charge in [-0.25, -0.2) is 4.98 Å². The monoisotopic (exact) mass is 607 g/mol. The second-order valence-electron chi connectivity index (χ2n) is 12.1. The highest BCUT2D eigenvalue weighted by molar-refractivity contribution is 6.10. The average molecular weight is 608 g/mol. The van der Waals surface area contributed by atoms with E-state index in [2.05, 4.69) is 37.9 Å². The lowest BCUT2D eigenvalue weighted by Crippen LogP contribution is -2.39. The molecule has 1 saturated heterocycles. The first kappa shape index (κ1) is 29.0. The smallest absolute Gasteiger partial charge is 0.303 e. The van der Waals surface area contributed by atoms with Gasteiger partial charge in [0.05, 0.1) is 22.6 Å². The van der Waals surface area contributed by atoms with E-state index in [-0.39, 0.29) is 18.1 Å². The number of carbonyl (C=O) groups excluding carboxylic acids is 2. The average Bonchev–Trinajstić information content (AvgIpc) is 3.42. The molecular weight excluding hydrogens is 570 g/mol. The summed E-state index contributed by atoms with van der Waals surface area (Å²) >= 11 is 0. The number of hydrogen-bond donors (Lipinski definition) is 1. The van der Waals surface area contributed by atoms with E-state index in [1.54, 1.807) is 28.8 Å². The molecule has 0 spiro atoms. The number of ether oxygens (including phenoxy) is 1. The van der Waals surface area contributed by atoms with Crippen LogP contribution in [-0.4, -0.2) is 56.0 Å². The Morgan fingerprint density at radius 2 is 1.87 bits per heavy atom. The number of likely N-dealkylation sites (tertiary alicyclic amines) is 1. The zero-order valence-corrected chi connectivity index (χ0v) is 25.9. The molecular formula is C34H37N7O4. The zero-order chi connectivity index (χ0) is 31.2. The first-order chi connectivity index (χ1) is 21.8. The van der Waals surface area contributed by atoms with E-state index in [0.717, 1.165) is 50.0 Å². The minimum absolute atomic E-state index is 0.108. The van der Waals surface area contributed by atoms with Crippen LogP contribution in [0.4, 0.5) is 17.2 Å². The molecule has 7 heterocycles. The van der Waals surface area contributed by atoms with Crippen LogP contribution in [-0.2, 0) is 42.6 Å². The molecule has 3 aliphatic rings. The lowest BCUT2D eigenvalue weighted by molar-refractivity contribution is -0.142. The summed E-state index contributed by atoms with van der Waals surface area (Å²) < 4.78 is 9.28. The quantitative estimate of drug-likeness (QED) is 0.308. The summed E-state index contributed by atoms with van der Waals surface area (Å²) in [5.74, 6) is 0.0668. The van der Waals surface area contributed by atoms with Crippen LogP contribution in [0.5, 0.6) is 0 Å². The molecule has 4 aromatic rings. The van der Waals surface area contributed by atoms with Crippen molar-refractivity contribution in [2.45, 2.75) is 58.2 Å². The number of esters is 1. The van der Waals surface area contributed by atoms with Gasteiger partial charge in [0.25, 0.3) is 11.5 Å². The van der Waals surface area contributed by atoms with Crippen LogP contribution >= 0.6 is 0 Å². The van der Waals surface area contributed by atoms with Crippen molar-refractivity contribution in [3.63, 3.8) is 0 Å². The van der Waals surface area contributed by atoms with Crippen molar-refractivity contribution in [3.05, 3.63) is 87.4 Å². The number of pyridine rings is 3. The van der Waals surface area contributed by atoms with Crippen LogP contribution in [0.3, 0.4) is 0 Å². The first-order valence-electron chi connectivity index (χ1n) is 15.6. The van der Waals surface area contributed by atoms with Crippen molar-refractivity contribution in [1.82, 2.24) is 24.0 Å². The van der Waals surface area contributed by atoms with Crippen LogP contribution in [0.2, 0.25) is 0 Å².